The first-order chi connectivity index (χ1) is 13.4. The molecule has 0 aromatic heterocycles. The average Bonchev–Trinajstić information content (AvgIpc) is 2.63. The zero-order valence-electron chi connectivity index (χ0n) is 16.4. The Bertz CT molecular complexity index is 846. The van der Waals surface area contributed by atoms with E-state index in [1.807, 2.05) is 18.2 Å². The van der Waals surface area contributed by atoms with Crippen LogP contribution in [-0.2, 0) is 16.5 Å². The second-order valence-corrected chi connectivity index (χ2v) is 8.47. The fourth-order valence-electron chi connectivity index (χ4n) is 3.14. The molecule has 0 unspecified atom stereocenters. The Morgan fingerprint density at radius 2 is 1.57 bits per heavy atom. The number of unbranched alkanes of at least 4 members (excludes halogenated alkanes) is 7. The molecule has 0 aliphatic heterocycles. The second kappa shape index (κ2) is 11.1. The Morgan fingerprint density at radius 1 is 0.893 bits per heavy atom. The summed E-state index contributed by atoms with van der Waals surface area (Å²) in [5.74, 6) is 0.219. The molecule has 6 heteroatoms. The molecular formula is C22H30O5S. The van der Waals surface area contributed by atoms with Crippen molar-refractivity contribution in [2.24, 2.45) is 0 Å². The fraction of sp³-hybridized carbons (Fsp3) is 0.455. The van der Waals surface area contributed by atoms with Crippen LogP contribution in [0.5, 0.6) is 17.2 Å². The van der Waals surface area contributed by atoms with Crippen LogP contribution in [0.4, 0.5) is 0 Å². The third-order valence-corrected chi connectivity index (χ3v) is 5.54. The molecule has 0 spiro atoms. The second-order valence-electron chi connectivity index (χ2n) is 7.08. The normalized spacial score (nSPS) is 11.5. The first kappa shape index (κ1) is 22.2. The lowest BCUT2D eigenvalue weighted by molar-refractivity contribution is 0.437. The Morgan fingerprint density at radius 3 is 2.25 bits per heavy atom. The van der Waals surface area contributed by atoms with Crippen LogP contribution in [0.3, 0.4) is 0 Å². The SMILES string of the molecule is CCCCCCCCCCc1cccc(Oc2cc(O)ccc2S(=O)(=O)O)c1. The van der Waals surface area contributed by atoms with Gasteiger partial charge in [-0.25, -0.2) is 0 Å². The summed E-state index contributed by atoms with van der Waals surface area (Å²) in [4.78, 5) is -0.376. The molecule has 0 saturated carbocycles. The summed E-state index contributed by atoms with van der Waals surface area (Å²) in [5.41, 5.74) is 1.11. The number of ether oxygens (including phenoxy) is 1. The van der Waals surface area contributed by atoms with Gasteiger partial charge in [0.15, 0.2) is 5.75 Å². The molecule has 0 aliphatic carbocycles. The summed E-state index contributed by atoms with van der Waals surface area (Å²) in [6, 6.07) is 10.9. The minimum absolute atomic E-state index is 0.105. The molecule has 0 radical (unpaired) electrons. The third kappa shape index (κ3) is 7.52. The van der Waals surface area contributed by atoms with Gasteiger partial charge in [0.05, 0.1) is 0 Å². The van der Waals surface area contributed by atoms with E-state index in [1.54, 1.807) is 6.07 Å². The van der Waals surface area contributed by atoms with Crippen LogP contribution < -0.4 is 4.74 Å². The van der Waals surface area contributed by atoms with Crippen LogP contribution in [-0.4, -0.2) is 18.1 Å². The van der Waals surface area contributed by atoms with Gasteiger partial charge in [0.2, 0.25) is 0 Å². The van der Waals surface area contributed by atoms with E-state index < -0.39 is 10.1 Å². The molecule has 0 fully saturated rings. The highest BCUT2D eigenvalue weighted by atomic mass is 32.2. The van der Waals surface area contributed by atoms with Crippen molar-refractivity contribution in [2.45, 2.75) is 69.6 Å². The summed E-state index contributed by atoms with van der Waals surface area (Å²) in [6.45, 7) is 2.22. The van der Waals surface area contributed by atoms with Crippen molar-refractivity contribution in [1.82, 2.24) is 0 Å². The number of benzene rings is 2. The maximum absolute atomic E-state index is 11.5. The number of rotatable bonds is 12. The highest BCUT2D eigenvalue weighted by Gasteiger charge is 2.18. The minimum atomic E-state index is -4.45. The van der Waals surface area contributed by atoms with Crippen molar-refractivity contribution in [3.63, 3.8) is 0 Å². The standard InChI is InChI=1S/C22H30O5S/c1-2-3-4-5-6-7-8-9-11-18-12-10-13-20(16-18)27-21-17-19(23)14-15-22(21)28(24,25)26/h10,12-17,23H,2-9,11H2,1H3,(H,24,25,26). The van der Waals surface area contributed by atoms with Crippen LogP contribution in [0, 0.1) is 0 Å². The average molecular weight is 407 g/mol. The van der Waals surface area contributed by atoms with Gasteiger partial charge in [0.1, 0.15) is 16.4 Å². The Labute approximate surface area is 168 Å². The topological polar surface area (TPSA) is 83.8 Å². The molecule has 0 heterocycles. The molecule has 0 atom stereocenters. The number of phenolic OH excluding ortho intramolecular Hbond substituents is 1. The maximum Gasteiger partial charge on any atom is 0.298 e. The maximum atomic E-state index is 11.5. The molecule has 2 N–H and O–H groups in total. The predicted octanol–water partition coefficient (Wildman–Crippen LogP) is 6.11. The molecule has 0 aliphatic rings. The molecule has 0 saturated heterocycles. The molecule has 2 rings (SSSR count). The van der Waals surface area contributed by atoms with E-state index >= 15 is 0 Å². The highest BCUT2D eigenvalue weighted by Crippen LogP contribution is 2.32. The van der Waals surface area contributed by atoms with Crippen molar-refractivity contribution in [3.8, 4) is 17.2 Å². The van der Waals surface area contributed by atoms with E-state index in [4.69, 9.17) is 4.74 Å². The number of hydrogen-bond donors (Lipinski definition) is 2. The first-order valence-electron chi connectivity index (χ1n) is 9.97. The van der Waals surface area contributed by atoms with E-state index in [-0.39, 0.29) is 16.4 Å². The van der Waals surface area contributed by atoms with Crippen LogP contribution >= 0.6 is 0 Å². The summed E-state index contributed by atoms with van der Waals surface area (Å²) >= 11 is 0. The third-order valence-electron chi connectivity index (χ3n) is 4.65. The van der Waals surface area contributed by atoms with Crippen molar-refractivity contribution < 1.29 is 22.8 Å². The number of aryl methyl sites for hydroxylation is 1. The number of aromatic hydroxyl groups is 1. The zero-order chi connectivity index (χ0) is 20.4. The lowest BCUT2D eigenvalue weighted by atomic mass is 10.0. The number of hydrogen-bond acceptors (Lipinski definition) is 4. The smallest absolute Gasteiger partial charge is 0.298 e. The van der Waals surface area contributed by atoms with Crippen LogP contribution in [0.1, 0.15) is 63.9 Å². The van der Waals surface area contributed by atoms with Crippen LogP contribution in [0.2, 0.25) is 0 Å². The molecule has 28 heavy (non-hydrogen) atoms. The fourth-order valence-corrected chi connectivity index (χ4v) is 3.74. The summed E-state index contributed by atoms with van der Waals surface area (Å²) in [5, 5.41) is 9.61. The highest BCUT2D eigenvalue weighted by molar-refractivity contribution is 7.86. The summed E-state index contributed by atoms with van der Waals surface area (Å²) in [7, 11) is -4.45. The van der Waals surface area contributed by atoms with Crippen molar-refractivity contribution >= 4 is 10.1 Å². The molecule has 2 aromatic rings. The molecule has 0 bridgehead atoms. The predicted molar refractivity (Wildman–Crippen MR) is 111 cm³/mol. The molecular weight excluding hydrogens is 376 g/mol. The number of phenols is 1. The Hall–Kier alpha value is -2.05. The van der Waals surface area contributed by atoms with Gasteiger partial charge in [0.25, 0.3) is 10.1 Å². The van der Waals surface area contributed by atoms with Gasteiger partial charge < -0.3 is 9.84 Å². The summed E-state index contributed by atoms with van der Waals surface area (Å²) < 4.78 is 38.0. The largest absolute Gasteiger partial charge is 0.508 e. The van der Waals surface area contributed by atoms with Crippen molar-refractivity contribution in [2.75, 3.05) is 0 Å². The first-order valence-corrected chi connectivity index (χ1v) is 11.4. The van der Waals surface area contributed by atoms with E-state index in [9.17, 15) is 18.1 Å². The molecule has 0 amide bonds. The van der Waals surface area contributed by atoms with E-state index in [0.29, 0.717) is 5.75 Å². The molecule has 5 nitrogen and oxygen atoms in total. The van der Waals surface area contributed by atoms with Crippen LogP contribution in [0.25, 0.3) is 0 Å². The van der Waals surface area contributed by atoms with E-state index in [0.717, 1.165) is 24.5 Å². The molecule has 2 aromatic carbocycles. The van der Waals surface area contributed by atoms with Crippen molar-refractivity contribution in [3.05, 3.63) is 48.0 Å². The molecule has 154 valence electrons. The summed E-state index contributed by atoms with van der Waals surface area (Å²) in [6.07, 6.45) is 11.0. The van der Waals surface area contributed by atoms with E-state index in [1.165, 1.54) is 57.1 Å². The van der Waals surface area contributed by atoms with Crippen LogP contribution in [0.15, 0.2) is 47.4 Å². The van der Waals surface area contributed by atoms with Gasteiger partial charge in [-0.05, 0) is 42.7 Å². The minimum Gasteiger partial charge on any atom is -0.508 e. The monoisotopic (exact) mass is 406 g/mol. The van der Waals surface area contributed by atoms with Gasteiger partial charge in [-0.1, -0.05) is 64.0 Å². The lowest BCUT2D eigenvalue weighted by Crippen LogP contribution is -2.01. The quantitative estimate of drug-likeness (QED) is 0.328. The van der Waals surface area contributed by atoms with Gasteiger partial charge in [-0.15, -0.1) is 0 Å². The van der Waals surface area contributed by atoms with Gasteiger partial charge >= 0.3 is 0 Å². The zero-order valence-corrected chi connectivity index (χ0v) is 17.2. The van der Waals surface area contributed by atoms with Gasteiger partial charge in [-0.3, -0.25) is 4.55 Å². The van der Waals surface area contributed by atoms with Crippen molar-refractivity contribution in [1.29, 1.82) is 0 Å². The van der Waals surface area contributed by atoms with E-state index in [2.05, 4.69) is 6.92 Å². The Kier molecular flexibility index (Phi) is 8.80. The van der Waals surface area contributed by atoms with Gasteiger partial charge in [0, 0.05) is 6.07 Å². The Balaban J connectivity index is 1.91. The van der Waals surface area contributed by atoms with Gasteiger partial charge in [-0.2, -0.15) is 8.42 Å². The lowest BCUT2D eigenvalue weighted by Gasteiger charge is -2.11.